The summed E-state index contributed by atoms with van der Waals surface area (Å²) in [4.78, 5) is 26.6. The highest BCUT2D eigenvalue weighted by Crippen LogP contribution is 2.25. The Hall–Kier alpha value is -2.96. The van der Waals surface area contributed by atoms with Crippen molar-refractivity contribution in [1.82, 2.24) is 0 Å². The maximum Gasteiger partial charge on any atom is 0.363 e. The number of hydrogen-bond acceptors (Lipinski definition) is 5. The number of esters is 1. The van der Waals surface area contributed by atoms with Crippen molar-refractivity contribution in [1.29, 1.82) is 0 Å². The topological polar surface area (TPSA) is 81.8 Å². The number of nitro groups is 1. The van der Waals surface area contributed by atoms with Gasteiger partial charge in [-0.25, -0.2) is 9.79 Å². The average Bonchev–Trinajstić information content (AvgIpc) is 2.96. The normalized spacial score (nSPS) is 15.4. The molecule has 0 bridgehead atoms. The Morgan fingerprint density at radius 1 is 1.15 bits per heavy atom. The third-order valence-electron chi connectivity index (χ3n) is 3.45. The van der Waals surface area contributed by atoms with Crippen LogP contribution in [0, 0.1) is 10.1 Å². The fourth-order valence-corrected chi connectivity index (χ4v) is 2.73. The molecule has 0 aromatic heterocycles. The van der Waals surface area contributed by atoms with Gasteiger partial charge in [-0.05, 0) is 36.4 Å². The highest BCUT2D eigenvalue weighted by molar-refractivity contribution is 6.37. The molecule has 0 unspecified atom stereocenters. The molecule has 2 aromatic carbocycles. The molecule has 0 spiro atoms. The summed E-state index contributed by atoms with van der Waals surface area (Å²) in [6.07, 6.45) is 4.42. The summed E-state index contributed by atoms with van der Waals surface area (Å²) in [6, 6.07) is 11.0. The van der Waals surface area contributed by atoms with Crippen LogP contribution in [0.25, 0.3) is 6.08 Å². The van der Waals surface area contributed by atoms with E-state index in [-0.39, 0.29) is 17.3 Å². The maximum atomic E-state index is 11.9. The third-order valence-corrected chi connectivity index (χ3v) is 3.99. The van der Waals surface area contributed by atoms with Crippen molar-refractivity contribution in [3.05, 3.63) is 91.6 Å². The number of ether oxygens (including phenoxy) is 1. The van der Waals surface area contributed by atoms with Gasteiger partial charge in [0.15, 0.2) is 5.70 Å². The highest BCUT2D eigenvalue weighted by atomic mass is 35.5. The summed E-state index contributed by atoms with van der Waals surface area (Å²) >= 11 is 11.9. The van der Waals surface area contributed by atoms with Crippen molar-refractivity contribution in [2.45, 2.75) is 0 Å². The SMILES string of the molecule is O=C1OC(c2ccc(Cl)cc2Cl)=N/C1=C\C=C\c1ccccc1[N+](=O)[O-]. The van der Waals surface area contributed by atoms with Crippen LogP contribution in [0.4, 0.5) is 5.69 Å². The van der Waals surface area contributed by atoms with Gasteiger partial charge >= 0.3 is 5.97 Å². The summed E-state index contributed by atoms with van der Waals surface area (Å²) < 4.78 is 5.12. The van der Waals surface area contributed by atoms with Gasteiger partial charge in [0.1, 0.15) is 0 Å². The van der Waals surface area contributed by atoms with E-state index in [1.807, 2.05) is 0 Å². The Labute approximate surface area is 158 Å². The van der Waals surface area contributed by atoms with Crippen LogP contribution in [0.15, 0.2) is 65.3 Å². The Balaban J connectivity index is 1.86. The van der Waals surface area contributed by atoms with Crippen LogP contribution in [0.5, 0.6) is 0 Å². The average molecular weight is 389 g/mol. The van der Waals surface area contributed by atoms with E-state index in [1.54, 1.807) is 30.3 Å². The Bertz CT molecular complexity index is 996. The summed E-state index contributed by atoms with van der Waals surface area (Å²) in [5.74, 6) is -0.569. The van der Waals surface area contributed by atoms with Gasteiger partial charge in [0.2, 0.25) is 5.90 Å². The van der Waals surface area contributed by atoms with Crippen LogP contribution >= 0.6 is 23.2 Å². The van der Waals surface area contributed by atoms with Gasteiger partial charge < -0.3 is 4.74 Å². The van der Waals surface area contributed by atoms with Crippen LogP contribution in [-0.2, 0) is 9.53 Å². The van der Waals surface area contributed by atoms with Crippen LogP contribution in [0.1, 0.15) is 11.1 Å². The fourth-order valence-electron chi connectivity index (χ4n) is 2.24. The van der Waals surface area contributed by atoms with Crippen LogP contribution in [-0.4, -0.2) is 16.8 Å². The van der Waals surface area contributed by atoms with Gasteiger partial charge in [-0.15, -0.1) is 0 Å². The molecule has 0 saturated carbocycles. The highest BCUT2D eigenvalue weighted by Gasteiger charge is 2.25. The minimum Gasteiger partial charge on any atom is -0.402 e. The number of cyclic esters (lactones) is 1. The van der Waals surface area contributed by atoms with Gasteiger partial charge in [0.05, 0.1) is 21.1 Å². The molecule has 2 aromatic rings. The van der Waals surface area contributed by atoms with Crippen LogP contribution in [0.2, 0.25) is 10.0 Å². The van der Waals surface area contributed by atoms with E-state index in [0.29, 0.717) is 21.2 Å². The van der Waals surface area contributed by atoms with E-state index in [4.69, 9.17) is 27.9 Å². The molecule has 0 atom stereocenters. The van der Waals surface area contributed by atoms with Crippen molar-refractivity contribution in [2.24, 2.45) is 4.99 Å². The number of nitro benzene ring substituents is 1. The molecule has 3 rings (SSSR count). The smallest absolute Gasteiger partial charge is 0.363 e. The molecule has 8 heteroatoms. The first kappa shape index (κ1) is 17.8. The molecule has 0 fully saturated rings. The second kappa shape index (κ2) is 7.51. The molecular weight excluding hydrogens is 379 g/mol. The second-order valence-electron chi connectivity index (χ2n) is 5.16. The van der Waals surface area contributed by atoms with Crippen LogP contribution < -0.4 is 0 Å². The zero-order valence-electron chi connectivity index (χ0n) is 13.1. The molecule has 0 aliphatic carbocycles. The first-order chi connectivity index (χ1) is 12.5. The lowest BCUT2D eigenvalue weighted by Crippen LogP contribution is -2.05. The van der Waals surface area contributed by atoms with E-state index in [9.17, 15) is 14.9 Å². The van der Waals surface area contributed by atoms with E-state index >= 15 is 0 Å². The number of benzene rings is 2. The molecule has 1 aliphatic rings. The number of nitrogens with zero attached hydrogens (tertiary/aromatic N) is 2. The predicted molar refractivity (Wildman–Crippen MR) is 99.3 cm³/mol. The van der Waals surface area contributed by atoms with E-state index in [2.05, 4.69) is 4.99 Å². The number of allylic oxidation sites excluding steroid dienone is 2. The largest absolute Gasteiger partial charge is 0.402 e. The monoisotopic (exact) mass is 388 g/mol. The van der Waals surface area contributed by atoms with Gasteiger partial charge in [-0.2, -0.15) is 0 Å². The van der Waals surface area contributed by atoms with Crippen LogP contribution in [0.3, 0.4) is 0 Å². The molecule has 0 N–H and O–H groups in total. The number of para-hydroxylation sites is 1. The van der Waals surface area contributed by atoms with Gasteiger partial charge in [-0.1, -0.05) is 41.4 Å². The maximum absolute atomic E-state index is 11.9. The first-order valence-electron chi connectivity index (χ1n) is 7.34. The lowest BCUT2D eigenvalue weighted by atomic mass is 10.1. The number of aliphatic imine (C=N–C) groups is 1. The summed E-state index contributed by atoms with van der Waals surface area (Å²) in [5, 5.41) is 11.7. The summed E-state index contributed by atoms with van der Waals surface area (Å²) in [7, 11) is 0. The Morgan fingerprint density at radius 3 is 2.65 bits per heavy atom. The zero-order chi connectivity index (χ0) is 18.7. The fraction of sp³-hybridized carbons (Fsp3) is 0. The number of hydrogen-bond donors (Lipinski definition) is 0. The standard InChI is InChI=1S/C18H10Cl2N2O4/c19-12-8-9-13(14(20)10-12)17-21-15(18(23)26-17)6-3-5-11-4-1-2-7-16(11)22(24)25/h1-10H/b5-3+,15-6-. The molecule has 1 heterocycles. The second-order valence-corrected chi connectivity index (χ2v) is 6.00. The Morgan fingerprint density at radius 2 is 1.92 bits per heavy atom. The number of carbonyl (C=O) groups is 1. The van der Waals surface area contributed by atoms with Crippen molar-refractivity contribution < 1.29 is 14.5 Å². The minimum atomic E-state index is -0.641. The van der Waals surface area contributed by atoms with Crippen molar-refractivity contribution >= 4 is 46.8 Å². The van der Waals surface area contributed by atoms with Gasteiger partial charge in [0, 0.05) is 11.1 Å². The number of rotatable bonds is 4. The molecule has 130 valence electrons. The summed E-state index contributed by atoms with van der Waals surface area (Å²) in [6.45, 7) is 0. The summed E-state index contributed by atoms with van der Waals surface area (Å²) in [5.41, 5.74) is 0.871. The lowest BCUT2D eigenvalue weighted by molar-refractivity contribution is -0.385. The molecule has 6 nitrogen and oxygen atoms in total. The first-order valence-corrected chi connectivity index (χ1v) is 8.09. The zero-order valence-corrected chi connectivity index (χ0v) is 14.6. The molecule has 1 aliphatic heterocycles. The van der Waals surface area contributed by atoms with Gasteiger partial charge in [-0.3, -0.25) is 10.1 Å². The molecule has 0 saturated heterocycles. The third kappa shape index (κ3) is 3.82. The molecule has 0 amide bonds. The quantitative estimate of drug-likeness (QED) is 0.326. The van der Waals surface area contributed by atoms with E-state index in [1.165, 1.54) is 30.4 Å². The molecular formula is C18H10Cl2N2O4. The van der Waals surface area contributed by atoms with E-state index in [0.717, 1.165) is 0 Å². The minimum absolute atomic E-state index is 0.0340. The molecule has 26 heavy (non-hydrogen) atoms. The van der Waals surface area contributed by atoms with Crippen molar-refractivity contribution in [3.63, 3.8) is 0 Å². The Kier molecular flexibility index (Phi) is 5.16. The number of halogens is 2. The number of carbonyl (C=O) groups excluding carboxylic acids is 1. The molecule has 0 radical (unpaired) electrons. The van der Waals surface area contributed by atoms with Crippen molar-refractivity contribution in [2.75, 3.05) is 0 Å². The van der Waals surface area contributed by atoms with Crippen molar-refractivity contribution in [3.8, 4) is 0 Å². The lowest BCUT2D eigenvalue weighted by Gasteiger charge is -2.02. The predicted octanol–water partition coefficient (Wildman–Crippen LogP) is 4.80. The van der Waals surface area contributed by atoms with Gasteiger partial charge in [0.25, 0.3) is 5.69 Å². The van der Waals surface area contributed by atoms with E-state index < -0.39 is 10.9 Å².